The van der Waals surface area contributed by atoms with Gasteiger partial charge in [-0.25, -0.2) is 24.5 Å². The summed E-state index contributed by atoms with van der Waals surface area (Å²) in [6.45, 7) is 22.6. The summed E-state index contributed by atoms with van der Waals surface area (Å²) in [5, 5.41) is 110. The second-order valence-electron chi connectivity index (χ2n) is 31.1. The topological polar surface area (TPSA) is 593 Å². The molecule has 10 heterocycles. The number of carbonyl (C=O) groups excluding carboxylic acids is 4. The smallest absolute Gasteiger partial charge is 0.862 e. The minimum Gasteiger partial charge on any atom is -0.862 e. The van der Waals surface area contributed by atoms with Crippen molar-refractivity contribution in [3.63, 3.8) is 0 Å². The summed E-state index contributed by atoms with van der Waals surface area (Å²) in [5.41, 5.74) is 25.9. The molecule has 3 aromatic heterocycles. The van der Waals surface area contributed by atoms with Gasteiger partial charge in [-0.3, -0.25) is 47.8 Å². The van der Waals surface area contributed by atoms with Crippen LogP contribution in [0.25, 0.3) is 22.2 Å². The van der Waals surface area contributed by atoms with E-state index in [1.54, 1.807) is 38.6 Å². The van der Waals surface area contributed by atoms with Crippen LogP contribution < -0.4 is 53.5 Å². The first kappa shape index (κ1) is 84.8. The molecule has 1 aromatic carbocycles. The summed E-state index contributed by atoms with van der Waals surface area (Å²) in [4.78, 5) is 98.0. The van der Waals surface area contributed by atoms with E-state index in [-0.39, 0.29) is 99.8 Å². The van der Waals surface area contributed by atoms with Crippen LogP contribution in [-0.2, 0) is 59.0 Å². The van der Waals surface area contributed by atoms with E-state index in [4.69, 9.17) is 72.7 Å². The normalized spacial score (nSPS) is 31.8. The summed E-state index contributed by atoms with van der Waals surface area (Å²) in [7, 11) is -5.07. The summed E-state index contributed by atoms with van der Waals surface area (Å²) >= 11 is 0. The van der Waals surface area contributed by atoms with Gasteiger partial charge in [0.15, 0.2) is 28.7 Å². The number of aromatic nitrogens is 6. The van der Waals surface area contributed by atoms with E-state index in [1.807, 2.05) is 59.8 Å². The molecule has 4 amide bonds. The van der Waals surface area contributed by atoms with Crippen LogP contribution in [0.15, 0.2) is 80.4 Å². The number of phosphoric acid groups is 1. The molecule has 0 saturated carbocycles. The third kappa shape index (κ3) is 16.3. The van der Waals surface area contributed by atoms with E-state index in [2.05, 4.69) is 37.5 Å². The Morgan fingerprint density at radius 3 is 2.06 bits per heavy atom. The summed E-state index contributed by atoms with van der Waals surface area (Å²) in [6.07, 6.45) is -5.76. The molecule has 7 aliphatic rings. The first-order valence-electron chi connectivity index (χ1n) is 35.9. The summed E-state index contributed by atoms with van der Waals surface area (Å²) < 4.78 is 39.2. The van der Waals surface area contributed by atoms with Crippen molar-refractivity contribution in [1.82, 2.24) is 35.1 Å². The molecule has 19 atom stereocenters. The third-order valence-electron chi connectivity index (χ3n) is 23.6. The second-order valence-corrected chi connectivity index (χ2v) is 32.5. The Hall–Kier alpha value is -8.26. The number of carbonyl (C=O) groups is 4. The average Bonchev–Trinajstić information content (AvgIpc) is 1.53. The second kappa shape index (κ2) is 32.2. The number of nitrogen functional groups attached to an aromatic ring is 1. The van der Waals surface area contributed by atoms with Crippen LogP contribution in [0.4, 0.5) is 5.82 Å². The number of aliphatic imine (C=N–C) groups is 3. The van der Waals surface area contributed by atoms with Crippen molar-refractivity contribution in [3.8, 4) is 0 Å². The van der Waals surface area contributed by atoms with Crippen molar-refractivity contribution in [3.05, 3.63) is 83.5 Å². The van der Waals surface area contributed by atoms with Crippen LogP contribution in [0.5, 0.6) is 0 Å². The van der Waals surface area contributed by atoms with Crippen LogP contribution in [0, 0.1) is 82.3 Å². The van der Waals surface area contributed by atoms with Gasteiger partial charge in [-0.15, -0.1) is 0 Å². The molecular formula is C72H100CoN18O17P. The minimum absolute atomic E-state index is 0. The van der Waals surface area contributed by atoms with E-state index < -0.39 is 168 Å². The molecule has 35 nitrogen and oxygen atoms in total. The van der Waals surface area contributed by atoms with Crippen LogP contribution in [0.2, 0.25) is 0 Å². The van der Waals surface area contributed by atoms with Crippen molar-refractivity contribution < 1.29 is 104 Å². The number of hydrogen-bond donors (Lipinski definition) is 15. The predicted octanol–water partition coefficient (Wildman–Crippen LogP) is 0.998. The van der Waals surface area contributed by atoms with E-state index >= 15 is 0 Å². The largest absolute Gasteiger partial charge is 2.00 e. The zero-order valence-electron chi connectivity index (χ0n) is 62.7. The van der Waals surface area contributed by atoms with Gasteiger partial charge < -0.3 is 99.9 Å². The van der Waals surface area contributed by atoms with Gasteiger partial charge in [0.1, 0.15) is 42.4 Å². The molecule has 2 radical (unpaired) electrons. The first-order valence-corrected chi connectivity index (χ1v) is 37.4. The Morgan fingerprint density at radius 2 is 1.46 bits per heavy atom. The standard InChI is InChI=1S/C62H90N13O14P.C10H12N5O3.Co/c1-29-20-39-40(21-30(29)2)75(28-70-39)57-52(84)53(41(27-76)87-57)89-90(85,86)88-31(3)26-69-49(83)18-19-59(8)37(22-46(66)80)56-62(11)61(10,25-48(68)82)36(14-17-45(65)79)51(74-62)33(5)55-60(9,24-47(67)81)34(12-15-43(63)77)38(71-55)23-42-58(6,7)35(13-16-44(64)78)50(72-42)32(4)54(59)73-56;1-4-6(16)7(17)10(18-4)15-3-14-5-8(11)12-2-13-9(5)15;/h20-21,23,28,31,34-37,41,52-53,56-57,76,84H,12-19,22,24-27H2,1-11H3,(H15,63,64,65,66,67,68,69,71,72,73,74,77,78,79,80,81,82,83,85,86);2-4,6-7,10,16-17H,1H2,(H2,11,12,13);/q;;+2/p-2/t31-,34-,35-,36-,37+,41-,52-,53-,56-,57+,59-,60+,61+,62+;4-,6+,7+,10+;/m11./s1. The first-order chi connectivity index (χ1) is 50.4. The van der Waals surface area contributed by atoms with Crippen molar-refractivity contribution in [1.29, 1.82) is 16.2 Å². The van der Waals surface area contributed by atoms with E-state index in [0.717, 1.165) is 16.6 Å². The van der Waals surface area contributed by atoms with Gasteiger partial charge in [0.05, 0.1) is 36.7 Å². The zero-order valence-corrected chi connectivity index (χ0v) is 64.7. The van der Waals surface area contributed by atoms with Crippen molar-refractivity contribution in [2.45, 2.75) is 214 Å². The van der Waals surface area contributed by atoms with Crippen molar-refractivity contribution in [2.75, 3.05) is 18.9 Å². The summed E-state index contributed by atoms with van der Waals surface area (Å²) in [6, 6.07) is 2.74. The Morgan fingerprint density at radius 1 is 0.835 bits per heavy atom. The Balaban J connectivity index is 0.000000623. The molecule has 109 heavy (non-hydrogen) atoms. The molecule has 37 heteroatoms. The molecular weight excluding hydrogens is 1480 g/mol. The van der Waals surface area contributed by atoms with Crippen molar-refractivity contribution in [2.24, 2.45) is 77.5 Å². The van der Waals surface area contributed by atoms with Gasteiger partial charge in [-0.2, -0.15) is 4.57 Å². The average molecular weight is 1580 g/mol. The summed E-state index contributed by atoms with van der Waals surface area (Å²) in [5.74, 6) is -7.99. The number of anilines is 1. The SMILES string of the molecule is CC1=C2N=C(C=C3NC(=C(C)C4=N[C@@](C)([C@@H]5N=C1[C@](C)(CCC(=O)NC[C@@H](C)OP(=O)(O)O[C@H]1[C@@H](O)[C@@H]([n+]6c[nH]c7cc(C)c(C)cc76)O[C@@H]1CO)[C@H]5CC(N)=O)[C@@](C)(CC(N)=O)[C@@H]4CCC(=N)[O-])[C@@](C)(CC(N)=O)[C@@H]3CCC(=N)[O-])C(C)(C)[C@@H]2CCC(=N)[O-].[CH2][C@H]1O[C@H](n2cnc3c(N)ncnc32)[C@@H](O)[C@H]1O.[Co+2]. The molecule has 1 unspecified atom stereocenters. The quantitative estimate of drug-likeness (QED) is 0.0171. The zero-order chi connectivity index (χ0) is 79.6. The van der Waals surface area contributed by atoms with Gasteiger partial charge in [0, 0.05) is 112 Å². The molecule has 0 spiro atoms. The molecule has 0 aliphatic carbocycles. The van der Waals surface area contributed by atoms with Crippen LogP contribution >= 0.6 is 7.82 Å². The molecule has 8 bridgehead atoms. The van der Waals surface area contributed by atoms with Crippen LogP contribution in [0.1, 0.15) is 157 Å². The Labute approximate surface area is 640 Å². The number of nitrogens with one attached hydrogen (secondary N) is 6. The van der Waals surface area contributed by atoms with Crippen LogP contribution in [-0.4, -0.2) is 176 Å². The molecule has 3 fully saturated rings. The van der Waals surface area contributed by atoms with E-state index in [0.29, 0.717) is 62.1 Å². The van der Waals surface area contributed by atoms with Gasteiger partial charge in [0.2, 0.25) is 36.2 Å². The molecule has 4 aromatic rings. The number of ether oxygens (including phenoxy) is 2. The van der Waals surface area contributed by atoms with E-state index in [9.17, 15) is 64.4 Å². The van der Waals surface area contributed by atoms with Gasteiger partial charge in [-0.1, -0.05) is 34.6 Å². The number of fused-ring (bicyclic) bond motifs is 8. The fourth-order valence-corrected chi connectivity index (χ4v) is 18.6. The van der Waals surface area contributed by atoms with Crippen LogP contribution in [0.3, 0.4) is 0 Å². The number of nitrogens with two attached hydrogens (primary N) is 4. The predicted molar refractivity (Wildman–Crippen MR) is 389 cm³/mol. The number of amides is 4. The van der Waals surface area contributed by atoms with Gasteiger partial charge in [-0.05, 0) is 152 Å². The number of aliphatic hydroxyl groups is 4. The number of primary amides is 3. The fourth-order valence-electron chi connectivity index (χ4n) is 17.5. The fraction of sp³-hybridized carbons (Fsp3) is 0.597. The van der Waals surface area contributed by atoms with E-state index in [1.165, 1.54) is 24.1 Å². The number of aryl methyl sites for hydroxylation is 2. The number of imidazole rings is 2. The maximum absolute atomic E-state index is 14.4. The minimum atomic E-state index is -5.07. The monoisotopic (exact) mass is 1580 g/mol. The molecule has 11 rings (SSSR count). The Kier molecular flexibility index (Phi) is 25.0. The maximum Gasteiger partial charge on any atom is 2.00 e. The molecule has 7 aliphatic heterocycles. The van der Waals surface area contributed by atoms with Gasteiger partial charge in [0.25, 0.3) is 0 Å². The molecule has 3 saturated heterocycles. The number of aliphatic hydroxyl groups excluding tert-OH is 4. The Bertz CT molecular complexity index is 4520. The number of H-pyrrole nitrogens is 1. The number of hydrogen-bond acceptors (Lipinski definition) is 27. The third-order valence-corrected chi connectivity index (χ3v) is 24.7. The number of allylic oxidation sites excluding steroid dienone is 6. The number of rotatable bonds is 27. The molecule has 19 N–H and O–H groups in total. The molecule has 594 valence electrons. The number of benzene rings is 1. The van der Waals surface area contributed by atoms with Gasteiger partial charge >= 0.3 is 24.6 Å². The maximum atomic E-state index is 14.4. The number of aromatic amines is 1. The number of phosphoric ester groups is 1. The number of nitrogens with zero attached hydrogens (tertiary/aromatic N) is 8. The van der Waals surface area contributed by atoms with Crippen molar-refractivity contribution >= 4 is 94.3 Å².